The zero-order chi connectivity index (χ0) is 35.6. The van der Waals surface area contributed by atoms with Crippen LogP contribution in [0.25, 0.3) is 0 Å². The molecule has 4 atom stereocenters. The van der Waals surface area contributed by atoms with Crippen molar-refractivity contribution in [2.24, 2.45) is 22.9 Å². The lowest BCUT2D eigenvalue weighted by atomic mass is 10.1. The highest BCUT2D eigenvalue weighted by Crippen LogP contribution is 2.03. The molecule has 0 heterocycles. The number of carbonyl (C=O) groups excluding carboxylic acids is 5. The van der Waals surface area contributed by atoms with Crippen molar-refractivity contribution < 1.29 is 24.0 Å². The Labute approximate surface area is 289 Å². The summed E-state index contributed by atoms with van der Waals surface area (Å²) in [5, 5.41) is 8.24. The van der Waals surface area contributed by atoms with Gasteiger partial charge in [0, 0.05) is 12.1 Å². The van der Waals surface area contributed by atoms with E-state index in [1.54, 1.807) is 47.0 Å². The van der Waals surface area contributed by atoms with Gasteiger partial charge < -0.3 is 38.9 Å². The summed E-state index contributed by atoms with van der Waals surface area (Å²) in [5.41, 5.74) is 20.9. The molecule has 11 N–H and O–H groups in total. The molecule has 0 radical (unpaired) electrons. The fraction of sp³-hybridized carbons (Fsp3) is 0.828. The smallest absolute Gasteiger partial charge is 0.234 e. The second-order valence-corrected chi connectivity index (χ2v) is 13.8. The van der Waals surface area contributed by atoms with Gasteiger partial charge in [-0.2, -0.15) is 47.0 Å². The quantitative estimate of drug-likeness (QED) is 0.0888. The zero-order valence-corrected chi connectivity index (χ0v) is 32.0. The first-order valence-electron chi connectivity index (χ1n) is 14.9. The number of carbonyl (C=O) groups is 5. The molecule has 0 aliphatic heterocycles. The van der Waals surface area contributed by atoms with E-state index in [-0.39, 0.29) is 67.0 Å². The van der Waals surface area contributed by atoms with Gasteiger partial charge >= 0.3 is 0 Å². The second kappa shape index (κ2) is 37.4. The number of thioether (sulfide) groups is 4. The maximum Gasteiger partial charge on any atom is 0.234 e. The fourth-order valence-electron chi connectivity index (χ4n) is 2.94. The summed E-state index contributed by atoms with van der Waals surface area (Å²) in [4.78, 5) is 54.1. The Morgan fingerprint density at radius 1 is 0.600 bits per heavy atom. The number of hydrogen-bond acceptors (Lipinski definition) is 13. The number of hydrogen-bond donors (Lipinski definition) is 7. The molecule has 0 fully saturated rings. The van der Waals surface area contributed by atoms with E-state index in [0.29, 0.717) is 12.5 Å². The lowest BCUT2D eigenvalue weighted by Gasteiger charge is -2.15. The Balaban J connectivity index is -0.000000251. The summed E-state index contributed by atoms with van der Waals surface area (Å²) in [6, 6.07) is -0.0621. The third-order valence-electron chi connectivity index (χ3n) is 5.84. The van der Waals surface area contributed by atoms with Gasteiger partial charge in [-0.3, -0.25) is 24.0 Å². The third-order valence-corrected chi connectivity index (χ3v) is 8.41. The first-order valence-corrected chi connectivity index (χ1v) is 20.5. The third kappa shape index (κ3) is 39.1. The lowest BCUT2D eigenvalue weighted by molar-refractivity contribution is -0.126. The minimum Gasteiger partial charge on any atom is -0.353 e. The number of ketones is 2. The van der Waals surface area contributed by atoms with Crippen LogP contribution in [-0.2, 0) is 24.0 Å². The van der Waals surface area contributed by atoms with Crippen LogP contribution >= 0.6 is 47.0 Å². The Morgan fingerprint density at radius 2 is 1.00 bits per heavy atom. The molecule has 4 unspecified atom stereocenters. The second-order valence-electron chi connectivity index (χ2n) is 9.83. The van der Waals surface area contributed by atoms with E-state index >= 15 is 0 Å². The van der Waals surface area contributed by atoms with Crippen molar-refractivity contribution in [3.8, 4) is 0 Å². The highest BCUT2D eigenvalue weighted by Gasteiger charge is 2.15. The van der Waals surface area contributed by atoms with Crippen LogP contribution in [0.2, 0.25) is 0 Å². The molecule has 0 aliphatic rings. The van der Waals surface area contributed by atoms with E-state index in [0.717, 1.165) is 48.7 Å². The molecule has 45 heavy (non-hydrogen) atoms. The molecule has 0 spiro atoms. The van der Waals surface area contributed by atoms with E-state index in [2.05, 4.69) is 35.4 Å². The van der Waals surface area contributed by atoms with Crippen LogP contribution < -0.4 is 38.9 Å². The van der Waals surface area contributed by atoms with Gasteiger partial charge in [-0.05, 0) is 101 Å². The highest BCUT2D eigenvalue weighted by atomic mass is 32.2. The van der Waals surface area contributed by atoms with Crippen LogP contribution in [0.5, 0.6) is 0 Å². The average Bonchev–Trinajstić information content (AvgIpc) is 3.02. The summed E-state index contributed by atoms with van der Waals surface area (Å²) in [6.45, 7) is 7.18. The predicted molar refractivity (Wildman–Crippen MR) is 200 cm³/mol. The molecule has 16 heteroatoms. The molecule has 3 amide bonds. The molecule has 0 aliphatic carbocycles. The summed E-state index contributed by atoms with van der Waals surface area (Å²) in [6.07, 6.45) is 12.6. The van der Waals surface area contributed by atoms with Crippen LogP contribution in [0.1, 0.15) is 59.8 Å². The topological polar surface area (TPSA) is 226 Å². The van der Waals surface area contributed by atoms with Gasteiger partial charge in [0.15, 0.2) is 5.78 Å². The van der Waals surface area contributed by atoms with Crippen LogP contribution in [0, 0.1) is 0 Å². The van der Waals surface area contributed by atoms with Crippen molar-refractivity contribution in [3.05, 3.63) is 0 Å². The molecule has 0 saturated carbocycles. The normalized spacial score (nSPS) is 12.6. The molecule has 0 bridgehead atoms. The SMILES string of the molecule is CCC(CCSC)NC(=O)CN.CSCCC(C)NC(=O)CN.CSCCC(N)C(C)=O.CSCCC(NC(=O)CN)C(C)=O. The number of rotatable bonds is 21. The monoisotopic (exact) mass is 717 g/mol. The number of amides is 3. The lowest BCUT2D eigenvalue weighted by Crippen LogP contribution is -2.43. The van der Waals surface area contributed by atoms with Gasteiger partial charge in [0.2, 0.25) is 17.7 Å². The van der Waals surface area contributed by atoms with E-state index < -0.39 is 0 Å². The van der Waals surface area contributed by atoms with Crippen LogP contribution in [0.3, 0.4) is 0 Å². The highest BCUT2D eigenvalue weighted by molar-refractivity contribution is 7.99. The van der Waals surface area contributed by atoms with Crippen molar-refractivity contribution in [2.75, 3.05) is 67.7 Å². The minimum absolute atomic E-state index is 0.0177. The van der Waals surface area contributed by atoms with Crippen LogP contribution in [0.15, 0.2) is 0 Å². The first kappa shape index (κ1) is 50.8. The largest absolute Gasteiger partial charge is 0.353 e. The van der Waals surface area contributed by atoms with E-state index in [1.165, 1.54) is 13.8 Å². The van der Waals surface area contributed by atoms with Crippen LogP contribution in [0.4, 0.5) is 0 Å². The first-order chi connectivity index (χ1) is 21.2. The molecular weight excluding hydrogens is 655 g/mol. The number of nitrogens with two attached hydrogens (primary N) is 4. The Bertz CT molecular complexity index is 771. The molecule has 0 aromatic carbocycles. The average molecular weight is 718 g/mol. The van der Waals surface area contributed by atoms with Gasteiger partial charge in [0.1, 0.15) is 5.78 Å². The number of nitrogens with one attached hydrogen (secondary N) is 3. The molecule has 0 rings (SSSR count). The van der Waals surface area contributed by atoms with Gasteiger partial charge in [-0.1, -0.05) is 6.92 Å². The molecule has 0 aromatic rings. The van der Waals surface area contributed by atoms with Gasteiger partial charge in [-0.25, -0.2) is 0 Å². The summed E-state index contributed by atoms with van der Waals surface area (Å²) in [5.74, 6) is 3.66. The molecule has 0 aromatic heterocycles. The molecule has 0 saturated heterocycles. The van der Waals surface area contributed by atoms with Crippen molar-refractivity contribution in [1.82, 2.24) is 16.0 Å². The van der Waals surface area contributed by atoms with Crippen molar-refractivity contribution in [2.45, 2.75) is 84.0 Å². The van der Waals surface area contributed by atoms with Crippen molar-refractivity contribution in [3.63, 3.8) is 0 Å². The Morgan fingerprint density at radius 3 is 1.40 bits per heavy atom. The van der Waals surface area contributed by atoms with Gasteiger partial charge in [0.05, 0.1) is 31.7 Å². The summed E-state index contributed by atoms with van der Waals surface area (Å²) >= 11 is 6.94. The minimum atomic E-state index is -0.372. The maximum absolute atomic E-state index is 11.0. The summed E-state index contributed by atoms with van der Waals surface area (Å²) < 4.78 is 0. The van der Waals surface area contributed by atoms with Gasteiger partial charge in [-0.15, -0.1) is 0 Å². The summed E-state index contributed by atoms with van der Waals surface area (Å²) in [7, 11) is 0. The number of Topliss-reactive ketones (excluding diaryl/α,β-unsaturated/α-hetero) is 2. The van der Waals surface area contributed by atoms with Gasteiger partial charge in [0.25, 0.3) is 0 Å². The predicted octanol–water partition coefficient (Wildman–Crippen LogP) is 1.22. The fourth-order valence-corrected chi connectivity index (χ4v) is 5.01. The van der Waals surface area contributed by atoms with E-state index in [1.807, 2.05) is 19.4 Å². The Hall–Kier alpha value is -1.01. The standard InChI is InChI=1S/C8H16N2O2S.C8H18N2OS.C7H16N2OS.C6H13NOS/c1-6(11)7(3-4-13-2)10-8(12)5-9;1-3-7(4-5-12-2)10-8(11)6-9;1-6(3-4-11-2)9-7(10)5-8;1-5(8)6(7)3-4-9-2/h7H,3-5,9H2,1-2H3,(H,10,12);7H,3-6,9H2,1-2H3,(H,10,11);6H,3-5,8H2,1-2H3,(H,9,10);6H,3-4,7H2,1-2H3. The van der Waals surface area contributed by atoms with E-state index in [9.17, 15) is 24.0 Å². The zero-order valence-electron chi connectivity index (χ0n) is 28.8. The maximum atomic E-state index is 11.0. The van der Waals surface area contributed by atoms with Crippen molar-refractivity contribution in [1.29, 1.82) is 0 Å². The molecule has 12 nitrogen and oxygen atoms in total. The van der Waals surface area contributed by atoms with E-state index in [4.69, 9.17) is 22.9 Å². The van der Waals surface area contributed by atoms with Crippen LogP contribution in [-0.4, -0.2) is 121 Å². The van der Waals surface area contributed by atoms with Crippen molar-refractivity contribution >= 4 is 76.3 Å². The molecular formula is C29H63N7O5S4. The molecule has 268 valence electrons. The Kier molecular flexibility index (Phi) is 42.3.